The molecule has 2 aliphatic heterocycles. The van der Waals surface area contributed by atoms with Gasteiger partial charge >= 0.3 is 0 Å². The zero-order valence-corrected chi connectivity index (χ0v) is 24.7. The van der Waals surface area contributed by atoms with E-state index < -0.39 is 0 Å². The molecule has 2 aliphatic rings. The van der Waals surface area contributed by atoms with Crippen molar-refractivity contribution < 1.29 is 19.0 Å². The summed E-state index contributed by atoms with van der Waals surface area (Å²) in [7, 11) is 0. The van der Waals surface area contributed by atoms with Gasteiger partial charge in [-0.1, -0.05) is 23.7 Å². The second-order valence-corrected chi connectivity index (χ2v) is 11.6. The van der Waals surface area contributed by atoms with Crippen molar-refractivity contribution in [3.05, 3.63) is 82.2 Å². The number of rotatable bonds is 10. The van der Waals surface area contributed by atoms with Crippen LogP contribution in [0.5, 0.6) is 5.75 Å². The van der Waals surface area contributed by atoms with Crippen LogP contribution < -0.4 is 10.1 Å². The minimum atomic E-state index is -0.105. The maximum absolute atomic E-state index is 12.9. The van der Waals surface area contributed by atoms with Crippen LogP contribution >= 0.6 is 22.9 Å². The predicted molar refractivity (Wildman–Crippen MR) is 163 cm³/mol. The molecule has 0 radical (unpaired) electrons. The van der Waals surface area contributed by atoms with Crippen LogP contribution in [0.2, 0.25) is 5.02 Å². The number of carbonyl (C=O) groups is 1. The second kappa shape index (κ2) is 13.6. The van der Waals surface area contributed by atoms with Gasteiger partial charge in [0.1, 0.15) is 29.3 Å². The molecule has 1 saturated heterocycles. The molecule has 9 nitrogen and oxygen atoms in total. The van der Waals surface area contributed by atoms with Crippen molar-refractivity contribution in [2.24, 2.45) is 0 Å². The van der Waals surface area contributed by atoms with E-state index in [9.17, 15) is 4.79 Å². The fourth-order valence-electron chi connectivity index (χ4n) is 5.08. The highest BCUT2D eigenvalue weighted by molar-refractivity contribution is 7.19. The van der Waals surface area contributed by atoms with Gasteiger partial charge in [-0.15, -0.1) is 11.3 Å². The summed E-state index contributed by atoms with van der Waals surface area (Å²) in [5.41, 5.74) is 2.81. The van der Waals surface area contributed by atoms with Crippen LogP contribution in [0, 0.1) is 0 Å². The monoisotopic (exact) mass is 605 g/mol. The lowest BCUT2D eigenvalue weighted by atomic mass is 10.0. The molecule has 3 aromatic heterocycles. The van der Waals surface area contributed by atoms with Crippen LogP contribution in [0.15, 0.2) is 61.1 Å². The molecule has 0 saturated carbocycles. The number of halogens is 1. The number of pyridine rings is 1. The molecular formula is C31H32ClN5O4S. The molecule has 1 N–H and O–H groups in total. The quantitative estimate of drug-likeness (QED) is 0.163. The third-order valence-corrected chi connectivity index (χ3v) is 8.65. The van der Waals surface area contributed by atoms with Gasteiger partial charge in [0.05, 0.1) is 29.3 Å². The van der Waals surface area contributed by atoms with Gasteiger partial charge in [0.25, 0.3) is 0 Å². The largest absolute Gasteiger partial charge is 0.486 e. The third kappa shape index (κ3) is 6.90. The third-order valence-electron chi connectivity index (χ3n) is 7.23. The Morgan fingerprint density at radius 3 is 3.00 bits per heavy atom. The van der Waals surface area contributed by atoms with E-state index in [0.717, 1.165) is 64.6 Å². The van der Waals surface area contributed by atoms with Crippen molar-refractivity contribution in [2.45, 2.75) is 51.5 Å². The predicted octanol–water partition coefficient (Wildman–Crippen LogP) is 6.44. The van der Waals surface area contributed by atoms with E-state index in [4.69, 9.17) is 25.8 Å². The van der Waals surface area contributed by atoms with Gasteiger partial charge < -0.3 is 24.4 Å². The van der Waals surface area contributed by atoms with Crippen LogP contribution in [-0.2, 0) is 33.8 Å². The topological polar surface area (TPSA) is 98.7 Å². The Bertz CT molecular complexity index is 1560. The number of amides is 1. The van der Waals surface area contributed by atoms with Crippen molar-refractivity contribution in [3.63, 3.8) is 0 Å². The smallest absolute Gasteiger partial charge is 0.246 e. The number of aromatic nitrogens is 3. The number of carbonyl (C=O) groups excluding carboxylic acids is 1. The fourth-order valence-corrected chi connectivity index (χ4v) is 6.52. The average Bonchev–Trinajstić information content (AvgIpc) is 3.40. The molecule has 1 atom stereocenters. The number of nitrogens with zero attached hydrogens (tertiary/aromatic N) is 4. The number of anilines is 2. The van der Waals surface area contributed by atoms with Gasteiger partial charge in [0, 0.05) is 29.9 Å². The summed E-state index contributed by atoms with van der Waals surface area (Å²) in [6.07, 6.45) is 11.3. The first-order chi connectivity index (χ1) is 20.6. The molecule has 42 heavy (non-hydrogen) atoms. The standard InChI is InChI=1S/C31H32ClN5O4S/c32-24-17-21(10-11-25(24)41-19-22-7-1-4-13-33-22)36-30-29-23-12-14-37(18-26(23)42-31(29)35-20-34-30)27(38)8-2-5-15-39-28-9-3-6-16-40-28/h1-2,4,7-8,10-11,13,17,20,28H,3,5-6,9,12,14-16,18-19H2,(H,34,35,36). The Kier molecular flexibility index (Phi) is 9.25. The lowest BCUT2D eigenvalue weighted by Gasteiger charge is -2.26. The molecule has 0 bridgehead atoms. The first-order valence-corrected chi connectivity index (χ1v) is 15.4. The van der Waals surface area contributed by atoms with Crippen LogP contribution in [0.25, 0.3) is 10.2 Å². The maximum Gasteiger partial charge on any atom is 0.246 e. The number of hydrogen-bond acceptors (Lipinski definition) is 9. The van der Waals surface area contributed by atoms with Gasteiger partial charge in [-0.05, 0) is 74.1 Å². The van der Waals surface area contributed by atoms with Gasteiger partial charge in [0.2, 0.25) is 5.91 Å². The number of fused-ring (bicyclic) bond motifs is 3. The fraction of sp³-hybridized carbons (Fsp3) is 0.355. The second-order valence-electron chi connectivity index (χ2n) is 10.2. The molecule has 218 valence electrons. The zero-order valence-electron chi connectivity index (χ0n) is 23.1. The van der Waals surface area contributed by atoms with E-state index in [-0.39, 0.29) is 12.2 Å². The van der Waals surface area contributed by atoms with E-state index in [2.05, 4.69) is 20.3 Å². The van der Waals surface area contributed by atoms with Crippen molar-refractivity contribution in [1.29, 1.82) is 0 Å². The van der Waals surface area contributed by atoms with Gasteiger partial charge in [-0.25, -0.2) is 9.97 Å². The van der Waals surface area contributed by atoms with E-state index in [1.165, 1.54) is 5.56 Å². The highest BCUT2D eigenvalue weighted by atomic mass is 35.5. The molecule has 1 fully saturated rings. The van der Waals surface area contributed by atoms with Crippen LogP contribution in [-0.4, -0.2) is 51.8 Å². The van der Waals surface area contributed by atoms with Crippen molar-refractivity contribution >= 4 is 50.6 Å². The summed E-state index contributed by atoms with van der Waals surface area (Å²) in [6, 6.07) is 11.3. The molecule has 5 heterocycles. The molecule has 0 spiro atoms. The summed E-state index contributed by atoms with van der Waals surface area (Å²) >= 11 is 8.15. The van der Waals surface area contributed by atoms with Crippen LogP contribution in [0.3, 0.4) is 0 Å². The first-order valence-electron chi connectivity index (χ1n) is 14.2. The highest BCUT2D eigenvalue weighted by Gasteiger charge is 2.25. The summed E-state index contributed by atoms with van der Waals surface area (Å²) < 4.78 is 17.2. The first kappa shape index (κ1) is 28.5. The van der Waals surface area contributed by atoms with Crippen LogP contribution in [0.4, 0.5) is 11.5 Å². The van der Waals surface area contributed by atoms with E-state index in [1.54, 1.807) is 29.9 Å². The molecule has 6 rings (SSSR count). The lowest BCUT2D eigenvalue weighted by molar-refractivity contribution is -0.161. The van der Waals surface area contributed by atoms with E-state index in [0.29, 0.717) is 43.5 Å². The van der Waals surface area contributed by atoms with Crippen molar-refractivity contribution in [3.8, 4) is 5.75 Å². The van der Waals surface area contributed by atoms with Crippen molar-refractivity contribution in [1.82, 2.24) is 19.9 Å². The minimum absolute atomic E-state index is 0.0106. The molecule has 4 aromatic rings. The SMILES string of the molecule is O=C(C=CCCOC1CCCCO1)N1CCc2c(sc3ncnc(Nc4ccc(OCc5ccccn5)c(Cl)c4)c23)C1. The molecule has 11 heteroatoms. The summed E-state index contributed by atoms with van der Waals surface area (Å²) in [6.45, 7) is 2.84. The number of thiophene rings is 1. The molecule has 0 aliphatic carbocycles. The number of hydrogen-bond donors (Lipinski definition) is 1. The maximum atomic E-state index is 12.9. The Labute approximate surface area is 253 Å². The van der Waals surface area contributed by atoms with Gasteiger partial charge in [-0.3, -0.25) is 9.78 Å². The summed E-state index contributed by atoms with van der Waals surface area (Å²) in [4.78, 5) is 30.2. The summed E-state index contributed by atoms with van der Waals surface area (Å²) in [5, 5.41) is 4.90. The average molecular weight is 606 g/mol. The van der Waals surface area contributed by atoms with E-state index >= 15 is 0 Å². The number of nitrogens with one attached hydrogen (secondary N) is 1. The normalized spacial score (nSPS) is 17.0. The zero-order chi connectivity index (χ0) is 28.7. The molecule has 1 unspecified atom stereocenters. The van der Waals surface area contributed by atoms with Gasteiger partial charge in [0.15, 0.2) is 6.29 Å². The Hall–Kier alpha value is -3.57. The van der Waals surface area contributed by atoms with E-state index in [1.807, 2.05) is 47.4 Å². The number of benzene rings is 1. The Morgan fingerprint density at radius 2 is 2.17 bits per heavy atom. The van der Waals surface area contributed by atoms with Crippen molar-refractivity contribution in [2.75, 3.05) is 25.1 Å². The van der Waals surface area contributed by atoms with Gasteiger partial charge in [-0.2, -0.15) is 0 Å². The Balaban J connectivity index is 1.08. The Morgan fingerprint density at radius 1 is 1.21 bits per heavy atom. The molecule has 1 aromatic carbocycles. The molecule has 1 amide bonds. The highest BCUT2D eigenvalue weighted by Crippen LogP contribution is 2.39. The number of ether oxygens (including phenoxy) is 3. The summed E-state index contributed by atoms with van der Waals surface area (Å²) in [5.74, 6) is 1.31. The lowest BCUT2D eigenvalue weighted by Crippen LogP contribution is -2.34. The molecular weight excluding hydrogens is 574 g/mol. The van der Waals surface area contributed by atoms with Crippen LogP contribution in [0.1, 0.15) is 41.8 Å². The minimum Gasteiger partial charge on any atom is -0.486 e.